The number of rotatable bonds is 50. The molecule has 380 valence electrons. The van der Waals surface area contributed by atoms with E-state index < -0.39 is 6.10 Å². The van der Waals surface area contributed by atoms with Crippen LogP contribution in [0, 0.1) is 0 Å². The number of hydrogen-bond acceptors (Lipinski definition) is 6. The molecule has 0 saturated heterocycles. The summed E-state index contributed by atoms with van der Waals surface area (Å²) >= 11 is 0. The SMILES string of the molecule is CC/C=C\C/C=C\C/C=C\C/C=C\C/C=C\C/C=C\CCCCCCCCCCCCCCCCC(=O)OCC(COC(=O)CCCCCCC)OC(=O)CCCCCCCCCCCC. The quantitative estimate of drug-likeness (QED) is 0.0262. The summed E-state index contributed by atoms with van der Waals surface area (Å²) in [5.74, 6) is -0.883. The summed E-state index contributed by atoms with van der Waals surface area (Å²) in [4.78, 5) is 37.6. The monoisotopic (exact) mass is 921 g/mol. The molecule has 1 atom stereocenters. The van der Waals surface area contributed by atoms with Gasteiger partial charge in [-0.3, -0.25) is 14.4 Å². The van der Waals surface area contributed by atoms with Crippen molar-refractivity contribution in [2.24, 2.45) is 0 Å². The summed E-state index contributed by atoms with van der Waals surface area (Å²) in [5, 5.41) is 0. The number of unbranched alkanes of at least 4 members (excludes halogenated alkanes) is 27. The van der Waals surface area contributed by atoms with Crippen LogP contribution in [0.25, 0.3) is 0 Å². The first-order valence-electron chi connectivity index (χ1n) is 27.9. The Labute approximate surface area is 408 Å². The van der Waals surface area contributed by atoms with Crippen LogP contribution in [0.4, 0.5) is 0 Å². The van der Waals surface area contributed by atoms with E-state index in [1.54, 1.807) is 0 Å². The molecule has 0 aromatic carbocycles. The third-order valence-corrected chi connectivity index (χ3v) is 12.0. The molecule has 0 fully saturated rings. The fraction of sp³-hybridized carbons (Fsp3) is 0.750. The van der Waals surface area contributed by atoms with Gasteiger partial charge in [0.25, 0.3) is 0 Å². The molecule has 0 bridgehead atoms. The van der Waals surface area contributed by atoms with Crippen LogP contribution in [0.2, 0.25) is 0 Å². The van der Waals surface area contributed by atoms with E-state index in [4.69, 9.17) is 14.2 Å². The predicted octanol–water partition coefficient (Wildman–Crippen LogP) is 18.6. The van der Waals surface area contributed by atoms with Crippen molar-refractivity contribution in [2.75, 3.05) is 13.2 Å². The van der Waals surface area contributed by atoms with Crippen LogP contribution in [-0.4, -0.2) is 37.2 Å². The predicted molar refractivity (Wildman–Crippen MR) is 284 cm³/mol. The van der Waals surface area contributed by atoms with Gasteiger partial charge in [-0.15, -0.1) is 0 Å². The van der Waals surface area contributed by atoms with Gasteiger partial charge in [0.05, 0.1) is 0 Å². The molecule has 0 spiro atoms. The molecule has 0 radical (unpaired) electrons. The van der Waals surface area contributed by atoms with Crippen molar-refractivity contribution < 1.29 is 28.6 Å². The zero-order valence-corrected chi connectivity index (χ0v) is 43.4. The van der Waals surface area contributed by atoms with E-state index in [0.717, 1.165) is 103 Å². The van der Waals surface area contributed by atoms with Gasteiger partial charge in [-0.05, 0) is 70.6 Å². The van der Waals surface area contributed by atoms with Gasteiger partial charge in [0.1, 0.15) is 13.2 Å². The van der Waals surface area contributed by atoms with Crippen LogP contribution in [0.5, 0.6) is 0 Å². The molecular weight excluding hydrogens is 817 g/mol. The molecule has 0 aromatic rings. The van der Waals surface area contributed by atoms with Gasteiger partial charge in [-0.2, -0.15) is 0 Å². The Hall–Kier alpha value is -3.15. The highest BCUT2D eigenvalue weighted by atomic mass is 16.6. The second-order valence-corrected chi connectivity index (χ2v) is 18.5. The first-order chi connectivity index (χ1) is 32.5. The van der Waals surface area contributed by atoms with E-state index in [0.29, 0.717) is 19.3 Å². The molecule has 0 saturated carbocycles. The van der Waals surface area contributed by atoms with Crippen LogP contribution in [0.15, 0.2) is 72.9 Å². The second-order valence-electron chi connectivity index (χ2n) is 18.5. The maximum absolute atomic E-state index is 12.7. The molecule has 0 aromatic heterocycles. The smallest absolute Gasteiger partial charge is 0.306 e. The summed E-state index contributed by atoms with van der Waals surface area (Å²) in [6.07, 6.45) is 69.6. The zero-order chi connectivity index (χ0) is 47.9. The Bertz CT molecular complexity index is 1240. The highest BCUT2D eigenvalue weighted by molar-refractivity contribution is 5.71. The van der Waals surface area contributed by atoms with Gasteiger partial charge in [0.2, 0.25) is 0 Å². The maximum Gasteiger partial charge on any atom is 0.306 e. The van der Waals surface area contributed by atoms with Crippen molar-refractivity contribution in [1.82, 2.24) is 0 Å². The van der Waals surface area contributed by atoms with Gasteiger partial charge in [-0.25, -0.2) is 0 Å². The van der Waals surface area contributed by atoms with Gasteiger partial charge >= 0.3 is 17.9 Å². The van der Waals surface area contributed by atoms with E-state index in [1.807, 2.05) is 0 Å². The van der Waals surface area contributed by atoms with Gasteiger partial charge in [0, 0.05) is 19.3 Å². The Morgan fingerprint density at radius 2 is 0.591 bits per heavy atom. The first kappa shape index (κ1) is 62.8. The van der Waals surface area contributed by atoms with Crippen LogP contribution in [0.3, 0.4) is 0 Å². The minimum Gasteiger partial charge on any atom is -0.462 e. The Kier molecular flexibility index (Phi) is 51.9. The van der Waals surface area contributed by atoms with E-state index in [-0.39, 0.29) is 31.1 Å². The third kappa shape index (κ3) is 51.8. The van der Waals surface area contributed by atoms with Gasteiger partial charge in [0.15, 0.2) is 6.10 Å². The molecule has 0 aliphatic heterocycles. The van der Waals surface area contributed by atoms with Crippen molar-refractivity contribution in [3.63, 3.8) is 0 Å². The number of ether oxygens (including phenoxy) is 3. The minimum atomic E-state index is -0.766. The molecular formula is C60H104O6. The zero-order valence-electron chi connectivity index (χ0n) is 43.4. The highest BCUT2D eigenvalue weighted by Crippen LogP contribution is 2.16. The lowest BCUT2D eigenvalue weighted by atomic mass is 10.0. The van der Waals surface area contributed by atoms with Crippen molar-refractivity contribution in [2.45, 2.75) is 277 Å². The fourth-order valence-corrected chi connectivity index (χ4v) is 7.80. The summed E-state index contributed by atoms with van der Waals surface area (Å²) in [6.45, 7) is 6.43. The fourth-order valence-electron chi connectivity index (χ4n) is 7.80. The van der Waals surface area contributed by atoms with Crippen molar-refractivity contribution in [1.29, 1.82) is 0 Å². The molecule has 0 amide bonds. The summed E-state index contributed by atoms with van der Waals surface area (Å²) in [6, 6.07) is 0. The summed E-state index contributed by atoms with van der Waals surface area (Å²) < 4.78 is 16.6. The van der Waals surface area contributed by atoms with E-state index in [2.05, 4.69) is 93.7 Å². The normalized spacial score (nSPS) is 12.6. The van der Waals surface area contributed by atoms with E-state index in [9.17, 15) is 14.4 Å². The number of allylic oxidation sites excluding steroid dienone is 12. The third-order valence-electron chi connectivity index (χ3n) is 12.0. The Morgan fingerprint density at radius 1 is 0.318 bits per heavy atom. The second kappa shape index (κ2) is 54.5. The number of carbonyl (C=O) groups excluding carboxylic acids is 3. The van der Waals surface area contributed by atoms with Gasteiger partial charge in [-0.1, -0.05) is 254 Å². The lowest BCUT2D eigenvalue weighted by Gasteiger charge is -2.18. The highest BCUT2D eigenvalue weighted by Gasteiger charge is 2.19. The molecule has 0 N–H and O–H groups in total. The maximum atomic E-state index is 12.7. The van der Waals surface area contributed by atoms with Crippen molar-refractivity contribution in [3.05, 3.63) is 72.9 Å². The van der Waals surface area contributed by atoms with Gasteiger partial charge < -0.3 is 14.2 Å². The number of carbonyl (C=O) groups is 3. The Morgan fingerprint density at radius 3 is 0.924 bits per heavy atom. The largest absolute Gasteiger partial charge is 0.462 e. The molecule has 0 rings (SSSR count). The topological polar surface area (TPSA) is 78.9 Å². The lowest BCUT2D eigenvalue weighted by Crippen LogP contribution is -2.30. The average molecular weight is 921 g/mol. The van der Waals surface area contributed by atoms with E-state index in [1.165, 1.54) is 128 Å². The van der Waals surface area contributed by atoms with Crippen LogP contribution < -0.4 is 0 Å². The van der Waals surface area contributed by atoms with Crippen LogP contribution in [-0.2, 0) is 28.6 Å². The molecule has 0 aliphatic rings. The number of hydrogen-bond donors (Lipinski definition) is 0. The molecule has 6 nitrogen and oxygen atoms in total. The Balaban J connectivity index is 3.91. The van der Waals surface area contributed by atoms with Crippen LogP contribution in [0.1, 0.15) is 271 Å². The molecule has 0 aliphatic carbocycles. The summed E-state index contributed by atoms with van der Waals surface area (Å²) in [5.41, 5.74) is 0. The van der Waals surface area contributed by atoms with Crippen LogP contribution >= 0.6 is 0 Å². The first-order valence-corrected chi connectivity index (χ1v) is 27.9. The van der Waals surface area contributed by atoms with Crippen molar-refractivity contribution in [3.8, 4) is 0 Å². The van der Waals surface area contributed by atoms with E-state index >= 15 is 0 Å². The van der Waals surface area contributed by atoms with Crippen molar-refractivity contribution >= 4 is 17.9 Å². The lowest BCUT2D eigenvalue weighted by molar-refractivity contribution is -0.167. The molecule has 0 heterocycles. The molecule has 66 heavy (non-hydrogen) atoms. The standard InChI is InChI=1S/C60H104O6/c1-4-7-10-13-15-17-19-20-21-22-23-24-25-26-27-28-29-30-31-32-33-34-35-36-37-38-39-40-41-43-44-47-50-53-59(62)65-56-57(55-64-58(61)52-49-46-12-9-6-3)66-60(63)54-51-48-45-42-18-16-14-11-8-5-2/h7,10,15,17,20-21,23-24,26-27,29-30,57H,4-6,8-9,11-14,16,18-19,22,25,28,31-56H2,1-3H3/b10-7-,17-15-,21-20-,24-23-,27-26-,30-29-. The molecule has 1 unspecified atom stereocenters. The number of esters is 3. The molecule has 6 heteroatoms. The minimum absolute atomic E-state index is 0.0720. The summed E-state index contributed by atoms with van der Waals surface area (Å²) in [7, 11) is 0. The average Bonchev–Trinajstić information content (AvgIpc) is 3.31.